The van der Waals surface area contributed by atoms with E-state index in [-0.39, 0.29) is 35.4 Å². The summed E-state index contributed by atoms with van der Waals surface area (Å²) < 4.78 is 0. The van der Waals surface area contributed by atoms with Gasteiger partial charge in [-0.3, -0.25) is 19.7 Å². The topological polar surface area (TPSA) is 113 Å². The molecule has 1 saturated carbocycles. The Kier molecular flexibility index (Phi) is 4.36. The molecule has 2 rings (SSSR count). The quantitative estimate of drug-likeness (QED) is 0.526. The highest BCUT2D eigenvalue weighted by molar-refractivity contribution is 5.97. The lowest BCUT2D eigenvalue weighted by Gasteiger charge is -2.08. The van der Waals surface area contributed by atoms with E-state index in [1.54, 1.807) is 0 Å². The van der Waals surface area contributed by atoms with Gasteiger partial charge in [-0.15, -0.1) is 0 Å². The lowest BCUT2D eigenvalue weighted by molar-refractivity contribution is -0.383. The third-order valence-corrected chi connectivity index (χ3v) is 3.08. The zero-order valence-corrected chi connectivity index (χ0v) is 11.5. The Bertz CT molecular complexity index is 584. The molecule has 1 aliphatic carbocycles. The number of nitro benzene ring substituents is 1. The zero-order chi connectivity index (χ0) is 15.4. The van der Waals surface area contributed by atoms with Gasteiger partial charge in [-0.1, -0.05) is 0 Å². The van der Waals surface area contributed by atoms with Gasteiger partial charge in [-0.05, 0) is 25.0 Å². The van der Waals surface area contributed by atoms with E-state index in [9.17, 15) is 19.7 Å². The summed E-state index contributed by atoms with van der Waals surface area (Å²) in [5.41, 5.74) is 0.389. The van der Waals surface area contributed by atoms with Gasteiger partial charge in [0, 0.05) is 24.7 Å². The first-order valence-electron chi connectivity index (χ1n) is 6.55. The molecule has 0 saturated heterocycles. The lowest BCUT2D eigenvalue weighted by atomic mass is 10.1. The van der Waals surface area contributed by atoms with Crippen LogP contribution in [0.1, 0.15) is 23.2 Å². The number of rotatable bonds is 6. The Hall–Kier alpha value is -2.64. The van der Waals surface area contributed by atoms with Gasteiger partial charge in [-0.25, -0.2) is 0 Å². The number of benzene rings is 1. The van der Waals surface area contributed by atoms with E-state index >= 15 is 0 Å². The molecule has 0 spiro atoms. The molecule has 1 aliphatic rings. The summed E-state index contributed by atoms with van der Waals surface area (Å²) in [5, 5.41) is 18.7. The molecule has 1 fully saturated rings. The van der Waals surface area contributed by atoms with Crippen LogP contribution in [0.4, 0.5) is 11.4 Å². The van der Waals surface area contributed by atoms with Crippen LogP contribution < -0.4 is 16.0 Å². The maximum atomic E-state index is 11.9. The number of carbonyl (C=O) groups is 2. The van der Waals surface area contributed by atoms with E-state index < -0.39 is 10.8 Å². The van der Waals surface area contributed by atoms with Crippen LogP contribution in [0.15, 0.2) is 18.2 Å². The van der Waals surface area contributed by atoms with Crippen molar-refractivity contribution in [2.75, 3.05) is 18.9 Å². The van der Waals surface area contributed by atoms with Gasteiger partial charge in [0.15, 0.2) is 0 Å². The number of nitrogens with one attached hydrogen (secondary N) is 3. The largest absolute Gasteiger partial charge is 0.383 e. The van der Waals surface area contributed by atoms with Crippen LogP contribution in [0.3, 0.4) is 0 Å². The van der Waals surface area contributed by atoms with E-state index in [4.69, 9.17) is 0 Å². The molecule has 8 heteroatoms. The summed E-state index contributed by atoms with van der Waals surface area (Å²) in [6.07, 6.45) is 1.96. The Balaban J connectivity index is 1.98. The normalized spacial score (nSPS) is 13.4. The van der Waals surface area contributed by atoms with Crippen molar-refractivity contribution < 1.29 is 14.5 Å². The lowest BCUT2D eigenvalue weighted by Crippen LogP contribution is -2.37. The first kappa shape index (κ1) is 14.8. The van der Waals surface area contributed by atoms with Gasteiger partial charge >= 0.3 is 0 Å². The number of nitrogens with zero attached hydrogens (tertiary/aromatic N) is 1. The Labute approximate surface area is 121 Å². The highest BCUT2D eigenvalue weighted by atomic mass is 16.6. The summed E-state index contributed by atoms with van der Waals surface area (Å²) >= 11 is 0. The van der Waals surface area contributed by atoms with Gasteiger partial charge in [0.25, 0.3) is 11.6 Å². The fourth-order valence-corrected chi connectivity index (χ4v) is 1.81. The Morgan fingerprint density at radius 2 is 2.10 bits per heavy atom. The maximum absolute atomic E-state index is 11.9. The van der Waals surface area contributed by atoms with Crippen LogP contribution >= 0.6 is 0 Å². The van der Waals surface area contributed by atoms with E-state index in [2.05, 4.69) is 16.0 Å². The second-order valence-electron chi connectivity index (χ2n) is 4.76. The first-order valence-corrected chi connectivity index (χ1v) is 6.55. The minimum atomic E-state index is -0.531. The molecule has 1 aromatic rings. The van der Waals surface area contributed by atoms with Gasteiger partial charge in [-0.2, -0.15) is 0 Å². The number of nitro groups is 1. The average Bonchev–Trinajstić information content (AvgIpc) is 3.27. The third-order valence-electron chi connectivity index (χ3n) is 3.08. The van der Waals surface area contributed by atoms with Crippen molar-refractivity contribution in [1.82, 2.24) is 10.6 Å². The van der Waals surface area contributed by atoms with Crippen LogP contribution in [-0.2, 0) is 4.79 Å². The summed E-state index contributed by atoms with van der Waals surface area (Å²) in [7, 11) is 1.53. The summed E-state index contributed by atoms with van der Waals surface area (Å²) in [4.78, 5) is 33.6. The van der Waals surface area contributed by atoms with Crippen molar-refractivity contribution in [1.29, 1.82) is 0 Å². The van der Waals surface area contributed by atoms with E-state index in [0.717, 1.165) is 12.8 Å². The fourth-order valence-electron chi connectivity index (χ4n) is 1.81. The second-order valence-corrected chi connectivity index (χ2v) is 4.76. The predicted octanol–water partition coefficient (Wildman–Crippen LogP) is 0.645. The highest BCUT2D eigenvalue weighted by Gasteiger charge is 2.23. The summed E-state index contributed by atoms with van der Waals surface area (Å²) in [6.45, 7) is -0.110. The molecule has 0 aromatic heterocycles. The van der Waals surface area contributed by atoms with Crippen molar-refractivity contribution in [2.24, 2.45) is 0 Å². The van der Waals surface area contributed by atoms with Crippen molar-refractivity contribution in [3.8, 4) is 0 Å². The number of hydrogen-bond acceptors (Lipinski definition) is 5. The molecule has 0 heterocycles. The standard InChI is InChI=1S/C13H16N4O4/c1-14-10-6-8(2-5-11(10)17(20)21)13(19)15-7-12(18)16-9-3-4-9/h2,5-6,9,14H,3-4,7H2,1H3,(H,15,19)(H,16,18). The van der Waals surface area contributed by atoms with Crippen LogP contribution in [-0.4, -0.2) is 36.4 Å². The van der Waals surface area contributed by atoms with Crippen LogP contribution in [0.5, 0.6) is 0 Å². The second kappa shape index (κ2) is 6.21. The first-order chi connectivity index (χ1) is 10.0. The SMILES string of the molecule is CNc1cc(C(=O)NCC(=O)NC2CC2)ccc1[N+](=O)[O-]. The summed E-state index contributed by atoms with van der Waals surface area (Å²) in [6, 6.07) is 4.23. The summed E-state index contributed by atoms with van der Waals surface area (Å²) in [5.74, 6) is -0.686. The Morgan fingerprint density at radius 1 is 1.38 bits per heavy atom. The number of anilines is 1. The molecule has 0 radical (unpaired) electrons. The van der Waals surface area contributed by atoms with Crippen LogP contribution in [0.25, 0.3) is 0 Å². The smallest absolute Gasteiger partial charge is 0.292 e. The minimum absolute atomic E-state index is 0.110. The molecular weight excluding hydrogens is 276 g/mol. The molecular formula is C13H16N4O4. The monoisotopic (exact) mass is 292 g/mol. The maximum Gasteiger partial charge on any atom is 0.292 e. The van der Waals surface area contributed by atoms with Crippen molar-refractivity contribution >= 4 is 23.2 Å². The Morgan fingerprint density at radius 3 is 2.67 bits per heavy atom. The van der Waals surface area contributed by atoms with E-state index in [0.29, 0.717) is 0 Å². The third kappa shape index (κ3) is 3.91. The van der Waals surface area contributed by atoms with Gasteiger partial charge < -0.3 is 16.0 Å². The molecule has 112 valence electrons. The molecule has 3 N–H and O–H groups in total. The van der Waals surface area contributed by atoms with Crippen molar-refractivity contribution in [3.63, 3.8) is 0 Å². The average molecular weight is 292 g/mol. The molecule has 1 aromatic carbocycles. The van der Waals surface area contributed by atoms with E-state index in [1.165, 1.54) is 25.2 Å². The van der Waals surface area contributed by atoms with Crippen LogP contribution in [0.2, 0.25) is 0 Å². The molecule has 0 aliphatic heterocycles. The number of carbonyl (C=O) groups excluding carboxylic acids is 2. The molecule has 8 nitrogen and oxygen atoms in total. The minimum Gasteiger partial charge on any atom is -0.383 e. The fraction of sp³-hybridized carbons (Fsp3) is 0.385. The highest BCUT2D eigenvalue weighted by Crippen LogP contribution is 2.24. The molecule has 2 amide bonds. The molecule has 21 heavy (non-hydrogen) atoms. The van der Waals surface area contributed by atoms with Crippen molar-refractivity contribution in [2.45, 2.75) is 18.9 Å². The van der Waals surface area contributed by atoms with Gasteiger partial charge in [0.1, 0.15) is 5.69 Å². The van der Waals surface area contributed by atoms with E-state index in [1.807, 2.05) is 0 Å². The number of hydrogen-bond donors (Lipinski definition) is 3. The number of amides is 2. The van der Waals surface area contributed by atoms with Crippen LogP contribution in [0, 0.1) is 10.1 Å². The predicted molar refractivity (Wildman–Crippen MR) is 76.1 cm³/mol. The van der Waals surface area contributed by atoms with Crippen molar-refractivity contribution in [3.05, 3.63) is 33.9 Å². The van der Waals surface area contributed by atoms with Gasteiger partial charge in [0.2, 0.25) is 5.91 Å². The molecule has 0 bridgehead atoms. The molecule has 0 atom stereocenters. The zero-order valence-electron chi connectivity index (χ0n) is 11.5. The molecule has 0 unspecified atom stereocenters. The van der Waals surface area contributed by atoms with Gasteiger partial charge in [0.05, 0.1) is 11.5 Å².